The van der Waals surface area contributed by atoms with Crippen LogP contribution in [0.25, 0.3) is 0 Å². The van der Waals surface area contributed by atoms with E-state index in [0.29, 0.717) is 0 Å². The third-order valence-corrected chi connectivity index (χ3v) is 4.76. The lowest BCUT2D eigenvalue weighted by atomic mass is 9.88. The minimum Gasteiger partial charge on any atom is -0.438 e. The fraction of sp³-hybridized carbons (Fsp3) is 0.812. The Bertz CT molecular complexity index is 631. The molecule has 0 saturated carbocycles. The SMILES string of the molecule is CCC(OC(=O)OC)OC(=O)[C@H](O)C(C)(C)COS(=O)(=O)CCCNC(C)=O. The van der Waals surface area contributed by atoms with Crippen LogP contribution in [0.4, 0.5) is 4.79 Å². The number of nitrogens with one attached hydrogen (secondary N) is 1. The van der Waals surface area contributed by atoms with E-state index in [4.69, 9.17) is 13.7 Å². The summed E-state index contributed by atoms with van der Waals surface area (Å²) in [4.78, 5) is 33.9. The molecule has 0 aromatic heterocycles. The number of ether oxygens (including phenoxy) is 3. The van der Waals surface area contributed by atoms with E-state index in [-0.39, 0.29) is 31.0 Å². The maximum absolute atomic E-state index is 12.1. The standard InChI is InChI=1S/C16H29NO10S/c1-6-12(27-15(21)24-5)26-14(20)13(19)16(3,4)10-25-28(22,23)9-7-8-17-11(2)18/h12-13,19H,6-10H2,1-5H3,(H,17,18)/t12?,13-/m0/s1. The Labute approximate surface area is 164 Å². The highest BCUT2D eigenvalue weighted by atomic mass is 32.2. The lowest BCUT2D eigenvalue weighted by Gasteiger charge is -2.29. The molecule has 0 rings (SSSR count). The van der Waals surface area contributed by atoms with Crippen LogP contribution in [0.15, 0.2) is 0 Å². The predicted molar refractivity (Wildman–Crippen MR) is 96.5 cm³/mol. The van der Waals surface area contributed by atoms with Crippen molar-refractivity contribution in [2.45, 2.75) is 52.9 Å². The number of methoxy groups -OCH3 is 1. The molecule has 12 heteroatoms. The molecule has 11 nitrogen and oxygen atoms in total. The highest BCUT2D eigenvalue weighted by molar-refractivity contribution is 7.86. The Hall–Kier alpha value is -1.92. The summed E-state index contributed by atoms with van der Waals surface area (Å²) in [7, 11) is -2.83. The van der Waals surface area contributed by atoms with E-state index in [1.54, 1.807) is 6.92 Å². The number of rotatable bonds is 12. The third-order valence-electron chi connectivity index (χ3n) is 3.49. The minimum absolute atomic E-state index is 0.118. The van der Waals surface area contributed by atoms with Crippen molar-refractivity contribution >= 4 is 28.1 Å². The monoisotopic (exact) mass is 427 g/mol. The Morgan fingerprint density at radius 3 is 2.29 bits per heavy atom. The van der Waals surface area contributed by atoms with Crippen molar-refractivity contribution in [3.05, 3.63) is 0 Å². The second kappa shape index (κ2) is 11.8. The summed E-state index contributed by atoms with van der Waals surface area (Å²) in [6.07, 6.45) is -3.79. The molecule has 2 N–H and O–H groups in total. The Balaban J connectivity index is 4.66. The molecule has 0 heterocycles. The third kappa shape index (κ3) is 10.4. The molecule has 0 radical (unpaired) electrons. The van der Waals surface area contributed by atoms with Crippen molar-refractivity contribution < 1.29 is 46.3 Å². The van der Waals surface area contributed by atoms with Crippen molar-refractivity contribution in [3.63, 3.8) is 0 Å². The van der Waals surface area contributed by atoms with Crippen molar-refractivity contribution in [1.29, 1.82) is 0 Å². The number of esters is 1. The first-order valence-electron chi connectivity index (χ1n) is 8.59. The number of carbonyl (C=O) groups excluding carboxylic acids is 3. The first-order valence-corrected chi connectivity index (χ1v) is 10.2. The van der Waals surface area contributed by atoms with Gasteiger partial charge in [0.25, 0.3) is 16.4 Å². The van der Waals surface area contributed by atoms with Gasteiger partial charge in [-0.15, -0.1) is 0 Å². The number of aliphatic hydroxyl groups is 1. The molecule has 28 heavy (non-hydrogen) atoms. The van der Waals surface area contributed by atoms with Crippen LogP contribution in [-0.4, -0.2) is 70.0 Å². The van der Waals surface area contributed by atoms with Crippen molar-refractivity contribution in [1.82, 2.24) is 5.32 Å². The van der Waals surface area contributed by atoms with Gasteiger partial charge in [0, 0.05) is 25.3 Å². The molecule has 0 aromatic carbocycles. The van der Waals surface area contributed by atoms with E-state index in [2.05, 4.69) is 10.1 Å². The van der Waals surface area contributed by atoms with E-state index in [1.165, 1.54) is 20.8 Å². The van der Waals surface area contributed by atoms with Crippen LogP contribution in [0, 0.1) is 5.41 Å². The van der Waals surface area contributed by atoms with Gasteiger partial charge in [-0.2, -0.15) is 8.42 Å². The van der Waals surface area contributed by atoms with E-state index in [0.717, 1.165) is 7.11 Å². The van der Waals surface area contributed by atoms with Crippen molar-refractivity contribution in [2.75, 3.05) is 26.0 Å². The number of hydrogen-bond acceptors (Lipinski definition) is 10. The highest BCUT2D eigenvalue weighted by Gasteiger charge is 2.38. The topological polar surface area (TPSA) is 155 Å². The number of carbonyl (C=O) groups is 3. The second-order valence-electron chi connectivity index (χ2n) is 6.60. The zero-order valence-electron chi connectivity index (χ0n) is 16.7. The van der Waals surface area contributed by atoms with Crippen LogP contribution in [0.5, 0.6) is 0 Å². The second-order valence-corrected chi connectivity index (χ2v) is 8.36. The van der Waals surface area contributed by atoms with Gasteiger partial charge in [-0.1, -0.05) is 20.8 Å². The largest absolute Gasteiger partial charge is 0.511 e. The zero-order chi connectivity index (χ0) is 22.0. The quantitative estimate of drug-likeness (QED) is 0.192. The molecule has 0 bridgehead atoms. The molecule has 0 spiro atoms. The lowest BCUT2D eigenvalue weighted by Crippen LogP contribution is -2.43. The van der Waals surface area contributed by atoms with E-state index in [9.17, 15) is 27.9 Å². The zero-order valence-corrected chi connectivity index (χ0v) is 17.5. The predicted octanol–water partition coefficient (Wildman–Crippen LogP) is 0.308. The molecule has 0 aliphatic heterocycles. The molecule has 0 aromatic rings. The highest BCUT2D eigenvalue weighted by Crippen LogP contribution is 2.24. The molecular formula is C16H29NO10S. The van der Waals surface area contributed by atoms with Crippen LogP contribution >= 0.6 is 0 Å². The lowest BCUT2D eigenvalue weighted by molar-refractivity contribution is -0.187. The summed E-state index contributed by atoms with van der Waals surface area (Å²) in [6.45, 7) is 5.40. The molecule has 0 fully saturated rings. The van der Waals surface area contributed by atoms with E-state index >= 15 is 0 Å². The van der Waals surface area contributed by atoms with Gasteiger partial charge in [0.05, 0.1) is 19.5 Å². The first kappa shape index (κ1) is 26.1. The van der Waals surface area contributed by atoms with Crippen molar-refractivity contribution in [3.8, 4) is 0 Å². The maximum atomic E-state index is 12.1. The Morgan fingerprint density at radius 2 is 1.79 bits per heavy atom. The Morgan fingerprint density at radius 1 is 1.18 bits per heavy atom. The van der Waals surface area contributed by atoms with Gasteiger partial charge in [-0.05, 0) is 6.42 Å². The van der Waals surface area contributed by atoms with Gasteiger partial charge in [0.1, 0.15) is 0 Å². The number of aliphatic hydroxyl groups excluding tert-OH is 1. The average molecular weight is 427 g/mol. The molecule has 0 aliphatic rings. The van der Waals surface area contributed by atoms with E-state index in [1.807, 2.05) is 0 Å². The summed E-state index contributed by atoms with van der Waals surface area (Å²) in [5.41, 5.74) is -1.31. The van der Waals surface area contributed by atoms with Crippen LogP contribution in [0.1, 0.15) is 40.5 Å². The van der Waals surface area contributed by atoms with Crippen LogP contribution in [-0.2, 0) is 38.1 Å². The van der Waals surface area contributed by atoms with Gasteiger partial charge < -0.3 is 24.6 Å². The molecular weight excluding hydrogens is 398 g/mol. The maximum Gasteiger partial charge on any atom is 0.511 e. The van der Waals surface area contributed by atoms with Gasteiger partial charge in [-0.3, -0.25) is 8.98 Å². The van der Waals surface area contributed by atoms with E-state index < -0.39 is 46.7 Å². The molecule has 0 saturated heterocycles. The average Bonchev–Trinajstić information content (AvgIpc) is 2.62. The fourth-order valence-electron chi connectivity index (χ4n) is 1.75. The summed E-state index contributed by atoms with van der Waals surface area (Å²) in [5.74, 6) is -1.72. The first-order chi connectivity index (χ1) is 12.8. The van der Waals surface area contributed by atoms with Crippen LogP contribution in [0.2, 0.25) is 0 Å². The summed E-state index contributed by atoms with van der Waals surface area (Å²) < 4.78 is 42.5. The van der Waals surface area contributed by atoms with Crippen LogP contribution < -0.4 is 5.32 Å². The van der Waals surface area contributed by atoms with Crippen molar-refractivity contribution in [2.24, 2.45) is 5.41 Å². The number of hydrogen-bond donors (Lipinski definition) is 2. The molecule has 164 valence electrons. The number of amides is 1. The smallest absolute Gasteiger partial charge is 0.438 e. The van der Waals surface area contributed by atoms with Gasteiger partial charge in [0.2, 0.25) is 5.91 Å². The minimum atomic E-state index is -3.92. The summed E-state index contributed by atoms with van der Waals surface area (Å²) in [6, 6.07) is 0. The van der Waals surface area contributed by atoms with Gasteiger partial charge in [0.15, 0.2) is 6.10 Å². The summed E-state index contributed by atoms with van der Waals surface area (Å²) >= 11 is 0. The van der Waals surface area contributed by atoms with Crippen LogP contribution in [0.3, 0.4) is 0 Å². The normalized spacial score (nSPS) is 13.9. The molecule has 1 amide bonds. The fourth-order valence-corrected chi connectivity index (χ4v) is 2.85. The Kier molecular flexibility index (Phi) is 11.0. The molecule has 2 atom stereocenters. The van der Waals surface area contributed by atoms with Gasteiger partial charge >= 0.3 is 12.1 Å². The summed E-state index contributed by atoms with van der Waals surface area (Å²) in [5, 5.41) is 12.6. The molecule has 1 unspecified atom stereocenters. The molecule has 0 aliphatic carbocycles. The van der Waals surface area contributed by atoms with Gasteiger partial charge in [-0.25, -0.2) is 9.59 Å².